The largest absolute Gasteiger partial charge is 0.478 e. The molecule has 0 aliphatic rings. The van der Waals surface area contributed by atoms with E-state index in [1.807, 2.05) is 0 Å². The number of rotatable bonds is 10. The molecule has 0 radical (unpaired) electrons. The summed E-state index contributed by atoms with van der Waals surface area (Å²) in [6, 6.07) is 0. The van der Waals surface area contributed by atoms with E-state index in [9.17, 15) is 14.4 Å². The van der Waals surface area contributed by atoms with Crippen molar-refractivity contribution in [2.45, 2.75) is 20.0 Å². The number of nitrogens with zero attached hydrogens (tertiary/aromatic N) is 1. The zero-order valence-corrected chi connectivity index (χ0v) is 13.3. The molecule has 0 spiro atoms. The third-order valence-corrected chi connectivity index (χ3v) is 2.74. The lowest BCUT2D eigenvalue weighted by atomic mass is 10.2. The van der Waals surface area contributed by atoms with Crippen molar-refractivity contribution < 1.29 is 33.7 Å². The predicted octanol–water partition coefficient (Wildman–Crippen LogP) is 0.0704. The monoisotopic (exact) mass is 317 g/mol. The molecule has 0 bridgehead atoms. The van der Waals surface area contributed by atoms with Gasteiger partial charge in [0.05, 0.1) is 13.2 Å². The van der Waals surface area contributed by atoms with E-state index in [1.54, 1.807) is 0 Å². The topological polar surface area (TPSA) is 102 Å². The Kier molecular flexibility index (Phi) is 9.80. The van der Waals surface area contributed by atoms with Gasteiger partial charge in [-0.1, -0.05) is 0 Å². The first-order valence-electron chi connectivity index (χ1n) is 6.72. The Balaban J connectivity index is 4.70. The van der Waals surface area contributed by atoms with Gasteiger partial charge in [-0.15, -0.1) is 0 Å². The van der Waals surface area contributed by atoms with Crippen LogP contribution in [0.3, 0.4) is 0 Å². The van der Waals surface area contributed by atoms with E-state index in [4.69, 9.17) is 19.3 Å². The fraction of sp³-hybridized carbons (Fsp3) is 0.643. The van der Waals surface area contributed by atoms with E-state index >= 15 is 0 Å². The minimum atomic E-state index is -1.25. The molecule has 1 amide bonds. The Bertz CT molecular complexity index is 411. The fourth-order valence-electron chi connectivity index (χ4n) is 1.54. The van der Waals surface area contributed by atoms with Gasteiger partial charge in [0.2, 0.25) is 0 Å². The second-order valence-corrected chi connectivity index (χ2v) is 4.52. The Hall–Kier alpha value is -1.93. The van der Waals surface area contributed by atoms with Crippen molar-refractivity contribution >= 4 is 17.8 Å². The number of esters is 1. The summed E-state index contributed by atoms with van der Waals surface area (Å²) in [6.07, 6.45) is -0.300. The maximum Gasteiger partial charge on any atom is 0.334 e. The average molecular weight is 317 g/mol. The number of methoxy groups -OCH3 is 2. The second kappa shape index (κ2) is 10.7. The second-order valence-electron chi connectivity index (χ2n) is 4.52. The molecule has 0 aromatic rings. The molecule has 0 aromatic carbocycles. The molecular formula is C14H23NO7. The lowest BCUT2D eigenvalue weighted by molar-refractivity contribution is -0.156. The quantitative estimate of drug-likeness (QED) is 0.449. The highest BCUT2D eigenvalue weighted by Gasteiger charge is 2.24. The van der Waals surface area contributed by atoms with Crippen LogP contribution in [0.1, 0.15) is 13.8 Å². The molecule has 0 fully saturated rings. The first-order valence-corrected chi connectivity index (χ1v) is 6.72. The molecular weight excluding hydrogens is 294 g/mol. The molecule has 126 valence electrons. The van der Waals surface area contributed by atoms with Gasteiger partial charge in [-0.25, -0.2) is 9.59 Å². The molecule has 1 N–H and O–H groups in total. The number of hydrogen-bond acceptors (Lipinski definition) is 6. The first-order chi connectivity index (χ1) is 10.3. The minimum absolute atomic E-state index is 0.0903. The van der Waals surface area contributed by atoms with Crippen LogP contribution in [0.15, 0.2) is 11.6 Å². The number of aliphatic carboxylic acids is 1. The van der Waals surface area contributed by atoms with E-state index < -0.39 is 23.9 Å². The summed E-state index contributed by atoms with van der Waals surface area (Å²) in [5, 5.41) is 8.57. The van der Waals surface area contributed by atoms with Crippen LogP contribution in [-0.4, -0.2) is 74.5 Å². The molecule has 1 unspecified atom stereocenters. The van der Waals surface area contributed by atoms with Gasteiger partial charge in [0.1, 0.15) is 0 Å². The minimum Gasteiger partial charge on any atom is -0.478 e. The Morgan fingerprint density at radius 3 is 2.05 bits per heavy atom. The Morgan fingerprint density at radius 1 is 1.14 bits per heavy atom. The van der Waals surface area contributed by atoms with Gasteiger partial charge in [-0.2, -0.15) is 0 Å². The van der Waals surface area contributed by atoms with Crippen LogP contribution in [0.4, 0.5) is 0 Å². The van der Waals surface area contributed by atoms with Crippen LogP contribution < -0.4 is 0 Å². The Morgan fingerprint density at radius 2 is 1.64 bits per heavy atom. The molecule has 22 heavy (non-hydrogen) atoms. The molecule has 8 nitrogen and oxygen atoms in total. The molecule has 0 aliphatic carbocycles. The summed E-state index contributed by atoms with van der Waals surface area (Å²) in [5.41, 5.74) is -0.0903. The molecule has 0 saturated carbocycles. The summed E-state index contributed by atoms with van der Waals surface area (Å²) < 4.78 is 14.8. The van der Waals surface area contributed by atoms with Crippen LogP contribution in [0, 0.1) is 0 Å². The number of carbonyl (C=O) groups is 3. The van der Waals surface area contributed by atoms with Crippen LogP contribution in [-0.2, 0) is 28.6 Å². The summed E-state index contributed by atoms with van der Waals surface area (Å²) in [6.45, 7) is 4.10. The maximum absolute atomic E-state index is 12.2. The molecule has 1 atom stereocenters. The number of carboxylic acid groups (broad SMARTS) is 1. The molecule has 8 heteroatoms. The van der Waals surface area contributed by atoms with E-state index in [2.05, 4.69) is 0 Å². The third-order valence-electron chi connectivity index (χ3n) is 2.74. The number of amides is 1. The van der Waals surface area contributed by atoms with E-state index in [0.29, 0.717) is 26.3 Å². The van der Waals surface area contributed by atoms with Crippen molar-refractivity contribution in [1.82, 2.24) is 4.90 Å². The Labute approximate surface area is 129 Å². The highest BCUT2D eigenvalue weighted by molar-refractivity contribution is 5.96. The zero-order valence-electron chi connectivity index (χ0n) is 13.3. The van der Waals surface area contributed by atoms with Crippen LogP contribution >= 0.6 is 0 Å². The lowest BCUT2D eigenvalue weighted by Gasteiger charge is -2.25. The summed E-state index contributed by atoms with van der Waals surface area (Å²) in [4.78, 5) is 35.9. The summed E-state index contributed by atoms with van der Waals surface area (Å²) >= 11 is 0. The predicted molar refractivity (Wildman–Crippen MR) is 77.3 cm³/mol. The van der Waals surface area contributed by atoms with E-state index in [0.717, 1.165) is 6.08 Å². The van der Waals surface area contributed by atoms with Crippen molar-refractivity contribution in [1.29, 1.82) is 0 Å². The van der Waals surface area contributed by atoms with E-state index in [1.165, 1.54) is 33.0 Å². The standard InChI is InChI=1S/C14H23NO7/c1-10(9-12(16)17)14(19)22-11(2)13(18)15(5-7-20-3)6-8-21-4/h9,11H,5-8H2,1-4H3,(H,16,17)/b10-9+. The number of ether oxygens (including phenoxy) is 3. The van der Waals surface area contributed by atoms with Gasteiger partial charge >= 0.3 is 11.9 Å². The molecule has 0 rings (SSSR count). The molecule has 0 saturated heterocycles. The van der Waals surface area contributed by atoms with Crippen molar-refractivity contribution in [2.75, 3.05) is 40.5 Å². The van der Waals surface area contributed by atoms with Crippen molar-refractivity contribution in [3.05, 3.63) is 11.6 Å². The number of carbonyl (C=O) groups excluding carboxylic acids is 2. The van der Waals surface area contributed by atoms with Gasteiger partial charge in [0.15, 0.2) is 6.10 Å². The van der Waals surface area contributed by atoms with Gasteiger partial charge < -0.3 is 24.2 Å². The van der Waals surface area contributed by atoms with Crippen molar-refractivity contribution in [3.63, 3.8) is 0 Å². The van der Waals surface area contributed by atoms with Crippen molar-refractivity contribution in [3.8, 4) is 0 Å². The smallest absolute Gasteiger partial charge is 0.334 e. The molecule has 0 aliphatic heterocycles. The highest BCUT2D eigenvalue weighted by Crippen LogP contribution is 2.05. The number of carboxylic acids is 1. The molecule has 0 heterocycles. The van der Waals surface area contributed by atoms with Gasteiger partial charge in [-0.05, 0) is 13.8 Å². The van der Waals surface area contributed by atoms with Gasteiger partial charge in [0.25, 0.3) is 5.91 Å². The highest BCUT2D eigenvalue weighted by atomic mass is 16.5. The summed E-state index contributed by atoms with van der Waals surface area (Å²) in [7, 11) is 3.03. The SMILES string of the molecule is COCCN(CCOC)C(=O)C(C)OC(=O)/C(C)=C/C(=O)O. The first kappa shape index (κ1) is 20.1. The number of hydrogen-bond donors (Lipinski definition) is 1. The van der Waals surface area contributed by atoms with Crippen LogP contribution in [0.5, 0.6) is 0 Å². The maximum atomic E-state index is 12.2. The normalized spacial score (nSPS) is 12.6. The fourth-order valence-corrected chi connectivity index (χ4v) is 1.54. The summed E-state index contributed by atoms with van der Waals surface area (Å²) in [5.74, 6) is -2.50. The van der Waals surface area contributed by atoms with Gasteiger partial charge in [0, 0.05) is 39.0 Å². The van der Waals surface area contributed by atoms with Gasteiger partial charge in [-0.3, -0.25) is 4.79 Å². The average Bonchev–Trinajstić information content (AvgIpc) is 2.45. The van der Waals surface area contributed by atoms with Crippen LogP contribution in [0.2, 0.25) is 0 Å². The van der Waals surface area contributed by atoms with E-state index in [-0.39, 0.29) is 5.57 Å². The third kappa shape index (κ3) is 7.75. The zero-order chi connectivity index (χ0) is 17.1. The lowest BCUT2D eigenvalue weighted by Crippen LogP contribution is -2.43. The molecule has 0 aromatic heterocycles. The van der Waals surface area contributed by atoms with Crippen LogP contribution in [0.25, 0.3) is 0 Å². The van der Waals surface area contributed by atoms with Crippen molar-refractivity contribution in [2.24, 2.45) is 0 Å².